The molecule has 176 valence electrons. The molecule has 5 heteroatoms. The van der Waals surface area contributed by atoms with E-state index in [4.69, 9.17) is 0 Å². The van der Waals surface area contributed by atoms with E-state index in [0.29, 0.717) is 6.54 Å². The average molecular weight is 435 g/mol. The largest absolute Gasteiger partial charge is 0.331 e. The van der Waals surface area contributed by atoms with Gasteiger partial charge in [-0.25, -0.2) is 0 Å². The van der Waals surface area contributed by atoms with E-state index in [1.807, 2.05) is 0 Å². The second-order valence-corrected chi connectivity index (χ2v) is 10.9. The first kappa shape index (κ1) is 29.1. The third kappa shape index (κ3) is 18.6. The van der Waals surface area contributed by atoms with Crippen molar-refractivity contribution < 1.29 is 18.8 Å². The molecule has 0 saturated heterocycles. The zero-order valence-corrected chi connectivity index (χ0v) is 20.9. The zero-order chi connectivity index (χ0) is 21.8. The normalized spacial score (nSPS) is 14.2. The molecule has 0 aromatic rings. The molecule has 0 aliphatic carbocycles. The smallest absolute Gasteiger partial charge is 0.324 e. The highest BCUT2D eigenvalue weighted by Crippen LogP contribution is 2.35. The minimum Gasteiger partial charge on any atom is -0.324 e. The van der Waals surface area contributed by atoms with Crippen molar-refractivity contribution in [1.82, 2.24) is 0 Å². The molecule has 0 bridgehead atoms. The highest BCUT2D eigenvalue weighted by atomic mass is 31.2. The van der Waals surface area contributed by atoms with Gasteiger partial charge < -0.3 is 14.3 Å². The number of hydrogen-bond donors (Lipinski definition) is 2. The van der Waals surface area contributed by atoms with Crippen molar-refractivity contribution in [1.29, 1.82) is 0 Å². The van der Waals surface area contributed by atoms with E-state index in [-0.39, 0.29) is 6.16 Å². The first-order valence-corrected chi connectivity index (χ1v) is 14.6. The van der Waals surface area contributed by atoms with E-state index in [9.17, 15) is 14.4 Å². The van der Waals surface area contributed by atoms with Crippen molar-refractivity contribution in [2.75, 3.05) is 32.3 Å². The zero-order valence-electron chi connectivity index (χ0n) is 20.0. The van der Waals surface area contributed by atoms with Crippen LogP contribution >= 0.6 is 7.60 Å². The van der Waals surface area contributed by atoms with Gasteiger partial charge >= 0.3 is 7.60 Å². The second kappa shape index (κ2) is 18.8. The van der Waals surface area contributed by atoms with Gasteiger partial charge in [-0.05, 0) is 26.2 Å². The topological polar surface area (TPSA) is 57.5 Å². The highest BCUT2D eigenvalue weighted by molar-refractivity contribution is 7.51. The lowest BCUT2D eigenvalue weighted by atomic mass is 10.0. The molecule has 1 atom stereocenters. The molecule has 0 rings (SSSR count). The Kier molecular flexibility index (Phi) is 18.9. The van der Waals surface area contributed by atoms with Crippen molar-refractivity contribution in [2.24, 2.45) is 0 Å². The molecule has 0 radical (unpaired) electrons. The van der Waals surface area contributed by atoms with Crippen LogP contribution in [0.1, 0.15) is 124 Å². The molecule has 0 saturated carbocycles. The first-order chi connectivity index (χ1) is 13.9. The van der Waals surface area contributed by atoms with E-state index in [1.54, 1.807) is 0 Å². The summed E-state index contributed by atoms with van der Waals surface area (Å²) >= 11 is 0. The van der Waals surface area contributed by atoms with Crippen LogP contribution in [-0.4, -0.2) is 46.6 Å². The van der Waals surface area contributed by atoms with E-state index in [0.717, 1.165) is 37.0 Å². The quantitative estimate of drug-likeness (QED) is 0.107. The van der Waals surface area contributed by atoms with Crippen LogP contribution in [-0.2, 0) is 4.57 Å². The van der Waals surface area contributed by atoms with E-state index >= 15 is 0 Å². The van der Waals surface area contributed by atoms with Gasteiger partial charge in [0, 0.05) is 0 Å². The van der Waals surface area contributed by atoms with E-state index in [2.05, 4.69) is 20.8 Å². The van der Waals surface area contributed by atoms with Crippen LogP contribution in [0.2, 0.25) is 0 Å². The molecule has 0 fully saturated rings. The summed E-state index contributed by atoms with van der Waals surface area (Å²) in [5, 5.41) is 0. The van der Waals surface area contributed by atoms with Crippen LogP contribution in [0.25, 0.3) is 0 Å². The summed E-state index contributed by atoms with van der Waals surface area (Å²) in [5.41, 5.74) is 0. The van der Waals surface area contributed by atoms with Crippen LogP contribution in [0, 0.1) is 0 Å². The van der Waals surface area contributed by atoms with Gasteiger partial charge in [0.15, 0.2) is 0 Å². The van der Waals surface area contributed by atoms with Gasteiger partial charge in [0.25, 0.3) is 0 Å². The van der Waals surface area contributed by atoms with Crippen LogP contribution in [0.15, 0.2) is 0 Å². The molecule has 0 spiro atoms. The number of unbranched alkanes of at least 4 members (excludes halogenated alkanes) is 14. The van der Waals surface area contributed by atoms with Gasteiger partial charge in [0.2, 0.25) is 0 Å². The molecule has 0 heterocycles. The Hall–Kier alpha value is 0.110. The fourth-order valence-electron chi connectivity index (χ4n) is 4.29. The Morgan fingerprint density at radius 3 is 1.31 bits per heavy atom. The molecule has 0 aromatic carbocycles. The second-order valence-electron chi connectivity index (χ2n) is 9.17. The van der Waals surface area contributed by atoms with Gasteiger partial charge in [-0.2, -0.15) is 0 Å². The summed E-state index contributed by atoms with van der Waals surface area (Å²) < 4.78 is 12.2. The highest BCUT2D eigenvalue weighted by Gasteiger charge is 2.28. The predicted octanol–water partition coefficient (Wildman–Crippen LogP) is 7.28. The standard InChI is InChI=1S/C24H52NO3P/c1-4-7-9-10-11-12-13-14-15-16-17-18-19-20-22-25(6-3,21-8-5-2)23-24-29(26,27)28/h4-24H2,1-3H3,(H-,26,27,28)/p+1. The third-order valence-electron chi connectivity index (χ3n) is 6.51. The van der Waals surface area contributed by atoms with Gasteiger partial charge in [-0.3, -0.25) is 4.57 Å². The van der Waals surface area contributed by atoms with E-state index < -0.39 is 7.60 Å². The van der Waals surface area contributed by atoms with Gasteiger partial charge in [-0.1, -0.05) is 97.3 Å². The lowest BCUT2D eigenvalue weighted by Gasteiger charge is -2.38. The van der Waals surface area contributed by atoms with Crippen molar-refractivity contribution in [3.05, 3.63) is 0 Å². The summed E-state index contributed by atoms with van der Waals surface area (Å²) in [4.78, 5) is 18.6. The maximum absolute atomic E-state index is 11.4. The van der Waals surface area contributed by atoms with Crippen LogP contribution in [0.3, 0.4) is 0 Å². The molecular formula is C24H53NO3P+. The molecule has 1 unspecified atom stereocenters. The Bertz CT molecular complexity index is 400. The Morgan fingerprint density at radius 1 is 0.552 bits per heavy atom. The SMILES string of the molecule is CCCCCCCCCCCCCCCC[N+](CC)(CCCC)CCP(=O)(O)O. The van der Waals surface area contributed by atoms with Gasteiger partial charge in [0.1, 0.15) is 0 Å². The Morgan fingerprint density at radius 2 is 0.931 bits per heavy atom. The van der Waals surface area contributed by atoms with Crippen molar-refractivity contribution in [3.8, 4) is 0 Å². The van der Waals surface area contributed by atoms with Crippen LogP contribution in [0.5, 0.6) is 0 Å². The third-order valence-corrected chi connectivity index (χ3v) is 7.29. The minimum absolute atomic E-state index is 0.0309. The maximum Gasteiger partial charge on any atom is 0.331 e. The molecule has 29 heavy (non-hydrogen) atoms. The molecule has 4 nitrogen and oxygen atoms in total. The Labute approximate surface area is 182 Å². The van der Waals surface area contributed by atoms with Crippen molar-refractivity contribution in [2.45, 2.75) is 124 Å². The van der Waals surface area contributed by atoms with Crippen molar-refractivity contribution in [3.63, 3.8) is 0 Å². The summed E-state index contributed by atoms with van der Waals surface area (Å²) in [5.74, 6) is 0. The Balaban J connectivity index is 3.80. The van der Waals surface area contributed by atoms with Crippen LogP contribution in [0.4, 0.5) is 0 Å². The monoisotopic (exact) mass is 434 g/mol. The fraction of sp³-hybridized carbons (Fsp3) is 1.00. The molecular weight excluding hydrogens is 381 g/mol. The summed E-state index contributed by atoms with van der Waals surface area (Å²) in [6.45, 7) is 10.4. The van der Waals surface area contributed by atoms with Gasteiger partial charge in [0.05, 0.1) is 32.3 Å². The average Bonchev–Trinajstić information content (AvgIpc) is 2.69. The molecule has 0 aromatic heterocycles. The fourth-order valence-corrected chi connectivity index (χ4v) is 4.97. The maximum atomic E-state index is 11.4. The van der Waals surface area contributed by atoms with E-state index in [1.165, 1.54) is 89.9 Å². The molecule has 0 aliphatic rings. The van der Waals surface area contributed by atoms with Crippen LogP contribution < -0.4 is 0 Å². The van der Waals surface area contributed by atoms with Crippen molar-refractivity contribution >= 4 is 7.60 Å². The number of nitrogens with zero attached hydrogens (tertiary/aromatic N) is 1. The molecule has 0 amide bonds. The number of rotatable bonds is 22. The number of hydrogen-bond acceptors (Lipinski definition) is 1. The molecule has 2 N–H and O–H groups in total. The van der Waals surface area contributed by atoms with Gasteiger partial charge in [-0.15, -0.1) is 0 Å². The predicted molar refractivity (Wildman–Crippen MR) is 128 cm³/mol. The summed E-state index contributed by atoms with van der Waals surface area (Å²) in [7, 11) is -3.90. The minimum atomic E-state index is -3.90. The molecule has 0 aliphatic heterocycles. The summed E-state index contributed by atoms with van der Waals surface area (Å²) in [6.07, 6.45) is 21.5. The number of quaternary nitrogens is 1. The lowest BCUT2D eigenvalue weighted by molar-refractivity contribution is -0.924. The lowest BCUT2D eigenvalue weighted by Crippen LogP contribution is -2.51. The summed E-state index contributed by atoms with van der Waals surface area (Å²) in [6, 6.07) is 0. The first-order valence-electron chi connectivity index (χ1n) is 12.8.